The summed E-state index contributed by atoms with van der Waals surface area (Å²) in [6.45, 7) is 0.103. The minimum absolute atomic E-state index is 0.103. The van der Waals surface area contributed by atoms with E-state index < -0.39 is 18.3 Å². The van der Waals surface area contributed by atoms with Gasteiger partial charge in [-0.15, -0.1) is 0 Å². The lowest BCUT2D eigenvalue weighted by Gasteiger charge is -2.20. The van der Waals surface area contributed by atoms with Gasteiger partial charge in [-0.25, -0.2) is 8.78 Å². The van der Waals surface area contributed by atoms with Crippen molar-refractivity contribution in [3.8, 4) is 0 Å². The number of hydrogen-bond donors (Lipinski definition) is 1. The van der Waals surface area contributed by atoms with Gasteiger partial charge in [0.15, 0.2) is 0 Å². The highest BCUT2D eigenvalue weighted by Crippen LogP contribution is 2.24. The average Bonchev–Trinajstić information content (AvgIpc) is 1.60. The average molecular weight is 135 g/mol. The number of alkyl halides is 2. The number of carbonyl (C=O) groups excluding carboxylic acids is 1. The van der Waals surface area contributed by atoms with Crippen LogP contribution in [-0.2, 0) is 4.79 Å². The molecule has 0 atom stereocenters. The van der Waals surface area contributed by atoms with Crippen molar-refractivity contribution in [2.75, 3.05) is 6.54 Å². The molecule has 1 fully saturated rings. The molecule has 0 unspecified atom stereocenters. The Kier molecular flexibility index (Phi) is 1.38. The summed E-state index contributed by atoms with van der Waals surface area (Å²) < 4.78 is 24.4. The van der Waals surface area contributed by atoms with Gasteiger partial charge < -0.3 is 5.32 Å². The summed E-state index contributed by atoms with van der Waals surface area (Å²) in [7, 11) is 0. The first-order valence-corrected chi connectivity index (χ1v) is 2.75. The number of carbonyl (C=O) groups is 1. The Morgan fingerprint density at radius 2 is 2.22 bits per heavy atom. The number of piperidine rings is 1. The van der Waals surface area contributed by atoms with E-state index >= 15 is 0 Å². The van der Waals surface area contributed by atoms with Crippen LogP contribution in [0, 0.1) is 0 Å². The van der Waals surface area contributed by atoms with Crippen LogP contribution in [0.15, 0.2) is 0 Å². The topological polar surface area (TPSA) is 29.1 Å². The van der Waals surface area contributed by atoms with Gasteiger partial charge in [-0.2, -0.15) is 0 Å². The Balaban J connectivity index is 2.51. The van der Waals surface area contributed by atoms with Gasteiger partial charge >= 0.3 is 0 Å². The zero-order valence-corrected chi connectivity index (χ0v) is 4.79. The van der Waals surface area contributed by atoms with Crippen LogP contribution in [0.2, 0.25) is 0 Å². The highest BCUT2D eigenvalue weighted by atomic mass is 19.3. The quantitative estimate of drug-likeness (QED) is 0.515. The smallest absolute Gasteiger partial charge is 0.258 e. The van der Waals surface area contributed by atoms with Crippen LogP contribution in [0.4, 0.5) is 8.78 Å². The Hall–Kier alpha value is -0.670. The Morgan fingerprint density at radius 3 is 2.56 bits per heavy atom. The molecule has 0 aliphatic carbocycles. The van der Waals surface area contributed by atoms with E-state index in [0.29, 0.717) is 0 Å². The van der Waals surface area contributed by atoms with Crippen LogP contribution in [0.1, 0.15) is 12.8 Å². The fourth-order valence-electron chi connectivity index (χ4n) is 0.771. The standard InChI is InChI=1S/C5H7F2NO/c6-5(7)1-2-8-4(9)3-5/h1-3H2,(H,8,9). The maximum absolute atomic E-state index is 12.2. The zero-order valence-electron chi connectivity index (χ0n) is 4.79. The van der Waals surface area contributed by atoms with Gasteiger partial charge in [0.1, 0.15) is 0 Å². The van der Waals surface area contributed by atoms with Crippen molar-refractivity contribution < 1.29 is 13.6 Å². The molecule has 0 spiro atoms. The molecule has 0 saturated carbocycles. The predicted octanol–water partition coefficient (Wildman–Crippen LogP) is 0.532. The number of rotatable bonds is 0. The molecule has 1 aliphatic rings. The molecule has 1 saturated heterocycles. The molecule has 2 nitrogen and oxygen atoms in total. The van der Waals surface area contributed by atoms with E-state index in [1.807, 2.05) is 0 Å². The largest absolute Gasteiger partial charge is 0.356 e. The second-order valence-electron chi connectivity index (χ2n) is 2.13. The van der Waals surface area contributed by atoms with Gasteiger partial charge in [0.25, 0.3) is 5.92 Å². The van der Waals surface area contributed by atoms with Crippen LogP contribution in [0.5, 0.6) is 0 Å². The van der Waals surface area contributed by atoms with E-state index in [1.165, 1.54) is 0 Å². The van der Waals surface area contributed by atoms with Gasteiger partial charge in [-0.1, -0.05) is 0 Å². The molecule has 1 N–H and O–H groups in total. The molecule has 1 rings (SSSR count). The van der Waals surface area contributed by atoms with E-state index in [1.54, 1.807) is 0 Å². The van der Waals surface area contributed by atoms with E-state index in [2.05, 4.69) is 5.32 Å². The van der Waals surface area contributed by atoms with Gasteiger partial charge in [0.05, 0.1) is 6.42 Å². The highest BCUT2D eigenvalue weighted by molar-refractivity contribution is 5.77. The molecule has 52 valence electrons. The SMILES string of the molecule is O=C1CC(F)(F)CCN1. The van der Waals surface area contributed by atoms with Crippen LogP contribution >= 0.6 is 0 Å². The summed E-state index contributed by atoms with van der Waals surface area (Å²) in [6, 6.07) is 0. The van der Waals surface area contributed by atoms with Gasteiger partial charge in [-0.05, 0) is 0 Å². The lowest BCUT2D eigenvalue weighted by molar-refractivity contribution is -0.133. The molecule has 1 amide bonds. The van der Waals surface area contributed by atoms with Crippen LogP contribution in [0.3, 0.4) is 0 Å². The highest BCUT2D eigenvalue weighted by Gasteiger charge is 2.35. The van der Waals surface area contributed by atoms with E-state index in [9.17, 15) is 13.6 Å². The van der Waals surface area contributed by atoms with Crippen molar-refractivity contribution in [1.29, 1.82) is 0 Å². The summed E-state index contributed by atoms with van der Waals surface area (Å²) in [6.07, 6.45) is -0.869. The van der Waals surface area contributed by atoms with Crippen molar-refractivity contribution in [3.05, 3.63) is 0 Å². The summed E-state index contributed by atoms with van der Waals surface area (Å²) in [5.74, 6) is -3.31. The summed E-state index contributed by atoms with van der Waals surface area (Å²) >= 11 is 0. The normalized spacial score (nSPS) is 25.3. The Bertz CT molecular complexity index is 135. The Labute approximate surface area is 51.2 Å². The van der Waals surface area contributed by atoms with Crippen molar-refractivity contribution in [1.82, 2.24) is 5.32 Å². The van der Waals surface area contributed by atoms with Crippen molar-refractivity contribution in [2.45, 2.75) is 18.8 Å². The van der Waals surface area contributed by atoms with E-state index in [-0.39, 0.29) is 13.0 Å². The number of amides is 1. The minimum Gasteiger partial charge on any atom is -0.356 e. The lowest BCUT2D eigenvalue weighted by Crippen LogP contribution is -2.39. The van der Waals surface area contributed by atoms with Gasteiger partial charge in [-0.3, -0.25) is 4.79 Å². The van der Waals surface area contributed by atoms with Crippen molar-refractivity contribution >= 4 is 5.91 Å². The monoisotopic (exact) mass is 135 g/mol. The predicted molar refractivity (Wildman–Crippen MR) is 27.2 cm³/mol. The first-order chi connectivity index (χ1) is 4.10. The fraction of sp³-hybridized carbons (Fsp3) is 0.800. The molecule has 1 heterocycles. The summed E-state index contributed by atoms with van der Waals surface area (Å²) in [4.78, 5) is 10.3. The van der Waals surface area contributed by atoms with E-state index in [4.69, 9.17) is 0 Å². The van der Waals surface area contributed by atoms with Crippen molar-refractivity contribution in [3.63, 3.8) is 0 Å². The summed E-state index contributed by atoms with van der Waals surface area (Å²) in [5, 5.41) is 2.32. The number of halogens is 2. The zero-order chi connectivity index (χ0) is 6.91. The molecule has 0 aromatic heterocycles. The lowest BCUT2D eigenvalue weighted by atomic mass is 10.1. The molecule has 0 radical (unpaired) electrons. The minimum atomic E-state index is -2.76. The number of nitrogens with one attached hydrogen (secondary N) is 1. The fourth-order valence-corrected chi connectivity index (χ4v) is 0.771. The molecule has 1 aliphatic heterocycles. The molecule has 9 heavy (non-hydrogen) atoms. The maximum atomic E-state index is 12.2. The van der Waals surface area contributed by atoms with Gasteiger partial charge in [0.2, 0.25) is 5.91 Å². The molecule has 0 aromatic rings. The third-order valence-electron chi connectivity index (χ3n) is 1.23. The second-order valence-corrected chi connectivity index (χ2v) is 2.13. The van der Waals surface area contributed by atoms with Crippen molar-refractivity contribution in [2.24, 2.45) is 0 Å². The summed E-state index contributed by atoms with van der Waals surface area (Å²) in [5.41, 5.74) is 0. The molecular weight excluding hydrogens is 128 g/mol. The maximum Gasteiger partial charge on any atom is 0.258 e. The third-order valence-corrected chi connectivity index (χ3v) is 1.23. The van der Waals surface area contributed by atoms with Crippen LogP contribution in [0.25, 0.3) is 0 Å². The first kappa shape index (κ1) is 6.45. The third kappa shape index (κ3) is 1.62. The first-order valence-electron chi connectivity index (χ1n) is 2.75. The Morgan fingerprint density at radius 1 is 1.56 bits per heavy atom. The molecule has 4 heteroatoms. The second kappa shape index (κ2) is 1.93. The van der Waals surface area contributed by atoms with E-state index in [0.717, 1.165) is 0 Å². The number of hydrogen-bond acceptors (Lipinski definition) is 1. The molecular formula is C5H7F2NO. The van der Waals surface area contributed by atoms with Gasteiger partial charge in [0, 0.05) is 13.0 Å². The molecule has 0 bridgehead atoms. The van der Waals surface area contributed by atoms with Crippen LogP contribution in [-0.4, -0.2) is 18.4 Å². The van der Waals surface area contributed by atoms with Crippen LogP contribution < -0.4 is 5.32 Å². The molecule has 0 aromatic carbocycles.